The zero-order valence-electron chi connectivity index (χ0n) is 14.6. The van der Waals surface area contributed by atoms with Crippen molar-refractivity contribution in [3.05, 3.63) is 35.4 Å². The lowest BCUT2D eigenvalue weighted by Crippen LogP contribution is -2.47. The Morgan fingerprint density at radius 3 is 2.52 bits per heavy atom. The number of ketones is 1. The zero-order valence-corrected chi connectivity index (χ0v) is 14.6. The number of amides is 1. The number of hydrogen-bond donors (Lipinski definition) is 3. The van der Waals surface area contributed by atoms with Gasteiger partial charge in [0.15, 0.2) is 0 Å². The molecule has 1 amide bonds. The molecule has 0 spiro atoms. The van der Waals surface area contributed by atoms with E-state index in [1.54, 1.807) is 12.1 Å². The van der Waals surface area contributed by atoms with Crippen LogP contribution in [0.4, 0.5) is 0 Å². The van der Waals surface area contributed by atoms with Crippen LogP contribution < -0.4 is 5.32 Å². The van der Waals surface area contributed by atoms with Crippen molar-refractivity contribution in [1.29, 1.82) is 0 Å². The maximum Gasteiger partial charge on any atom is 0.326 e. The van der Waals surface area contributed by atoms with Crippen molar-refractivity contribution in [1.82, 2.24) is 5.32 Å². The first-order chi connectivity index (χ1) is 12.9. The summed E-state index contributed by atoms with van der Waals surface area (Å²) in [5.41, 5.74) is 9.07. The number of ether oxygens (including phenoxy) is 1. The topological polar surface area (TPSA) is 149 Å². The molecule has 0 bridgehead atoms. The minimum absolute atomic E-state index is 0.0245. The summed E-state index contributed by atoms with van der Waals surface area (Å²) >= 11 is 0. The molecule has 1 aliphatic carbocycles. The highest BCUT2D eigenvalue weighted by atomic mass is 16.5. The number of phenols is 1. The van der Waals surface area contributed by atoms with E-state index in [9.17, 15) is 24.6 Å². The molecule has 0 saturated heterocycles. The van der Waals surface area contributed by atoms with Gasteiger partial charge in [0.1, 0.15) is 17.9 Å². The van der Waals surface area contributed by atoms with Gasteiger partial charge in [-0.2, -0.15) is 4.79 Å². The molecule has 9 nitrogen and oxygen atoms in total. The van der Waals surface area contributed by atoms with Gasteiger partial charge in [0.05, 0.1) is 6.10 Å². The van der Waals surface area contributed by atoms with Gasteiger partial charge in [0, 0.05) is 12.8 Å². The molecule has 1 fully saturated rings. The van der Waals surface area contributed by atoms with Gasteiger partial charge in [0.25, 0.3) is 0 Å². The lowest BCUT2D eigenvalue weighted by molar-refractivity contribution is -0.145. The van der Waals surface area contributed by atoms with Gasteiger partial charge in [-0.3, -0.25) is 9.59 Å². The third-order valence-electron chi connectivity index (χ3n) is 4.03. The molecule has 0 radical (unpaired) electrons. The molecule has 1 aromatic carbocycles. The predicted molar refractivity (Wildman–Crippen MR) is 93.2 cm³/mol. The van der Waals surface area contributed by atoms with Crippen LogP contribution >= 0.6 is 0 Å². The summed E-state index contributed by atoms with van der Waals surface area (Å²) in [6.07, 6.45) is 1.37. The summed E-state index contributed by atoms with van der Waals surface area (Å²) in [4.78, 5) is 37.9. The first kappa shape index (κ1) is 20.3. The van der Waals surface area contributed by atoms with Gasteiger partial charge in [-0.15, -0.1) is 0 Å². The van der Waals surface area contributed by atoms with Gasteiger partial charge in [0.2, 0.25) is 11.7 Å². The molecule has 1 aliphatic rings. The van der Waals surface area contributed by atoms with E-state index in [4.69, 9.17) is 10.3 Å². The van der Waals surface area contributed by atoms with E-state index in [1.165, 1.54) is 12.1 Å². The highest BCUT2D eigenvalue weighted by Gasteiger charge is 2.32. The number of rotatable bonds is 11. The molecule has 2 atom stereocenters. The number of aromatic hydroxyl groups is 1. The standard InChI is InChI=1S/C18H21N3O6/c19-20-10-13(23)5-8-15(18(25)26)21-17(24)16(27-14-6-7-14)9-11-1-3-12(22)4-2-11/h1-4,10,14-16,22H,5-9H2,(H,21,24)(H,25,26). The zero-order chi connectivity index (χ0) is 19.8. The third-order valence-corrected chi connectivity index (χ3v) is 4.03. The molecule has 2 unspecified atom stereocenters. The van der Waals surface area contributed by atoms with Crippen LogP contribution in [0.2, 0.25) is 0 Å². The average Bonchev–Trinajstić information content (AvgIpc) is 3.43. The van der Waals surface area contributed by atoms with Crippen molar-refractivity contribution in [2.75, 3.05) is 0 Å². The maximum absolute atomic E-state index is 12.6. The van der Waals surface area contributed by atoms with Gasteiger partial charge in [-0.1, -0.05) is 12.1 Å². The Labute approximate surface area is 155 Å². The molecule has 3 N–H and O–H groups in total. The lowest BCUT2D eigenvalue weighted by Gasteiger charge is -2.20. The van der Waals surface area contributed by atoms with E-state index in [2.05, 4.69) is 10.1 Å². The molecular formula is C18H21N3O6. The van der Waals surface area contributed by atoms with Crippen LogP contribution in [0, 0.1) is 0 Å². The van der Waals surface area contributed by atoms with Crippen LogP contribution in [0.5, 0.6) is 5.75 Å². The molecule has 1 saturated carbocycles. The third kappa shape index (κ3) is 7.01. The highest BCUT2D eigenvalue weighted by molar-refractivity contribution is 6.25. The van der Waals surface area contributed by atoms with Crippen molar-refractivity contribution in [3.63, 3.8) is 0 Å². The van der Waals surface area contributed by atoms with Crippen LogP contribution in [-0.2, 0) is 25.5 Å². The molecule has 1 aromatic rings. The average molecular weight is 375 g/mol. The van der Waals surface area contributed by atoms with E-state index >= 15 is 0 Å². The second kappa shape index (κ2) is 9.61. The second-order valence-corrected chi connectivity index (χ2v) is 6.34. The lowest BCUT2D eigenvalue weighted by atomic mass is 10.1. The van der Waals surface area contributed by atoms with Gasteiger partial charge in [-0.25, -0.2) is 4.79 Å². The van der Waals surface area contributed by atoms with Crippen molar-refractivity contribution < 1.29 is 34.1 Å². The fourth-order valence-corrected chi connectivity index (χ4v) is 2.42. The van der Waals surface area contributed by atoms with Gasteiger partial charge >= 0.3 is 12.2 Å². The normalized spacial score (nSPS) is 15.3. The van der Waals surface area contributed by atoms with E-state index < -0.39 is 29.8 Å². The monoisotopic (exact) mass is 375 g/mol. The van der Waals surface area contributed by atoms with E-state index in [-0.39, 0.29) is 31.1 Å². The number of phenolic OH excluding ortho intramolecular Hbond substituents is 1. The van der Waals surface area contributed by atoms with E-state index in [1.807, 2.05) is 0 Å². The Bertz CT molecular complexity index is 738. The van der Waals surface area contributed by atoms with Crippen molar-refractivity contribution in [2.24, 2.45) is 0 Å². The predicted octanol–water partition coefficient (Wildman–Crippen LogP) is 0.702. The van der Waals surface area contributed by atoms with Crippen molar-refractivity contribution in [3.8, 4) is 5.75 Å². The minimum atomic E-state index is -1.27. The maximum atomic E-state index is 12.6. The number of nitrogens with one attached hydrogen (secondary N) is 1. The Kier molecular flexibility index (Phi) is 7.22. The Balaban J connectivity index is 2.00. The summed E-state index contributed by atoms with van der Waals surface area (Å²) < 4.78 is 5.71. The van der Waals surface area contributed by atoms with Gasteiger partial charge < -0.3 is 25.8 Å². The van der Waals surface area contributed by atoms with Crippen molar-refractivity contribution in [2.45, 2.75) is 50.4 Å². The van der Waals surface area contributed by atoms with Crippen LogP contribution in [-0.4, -0.2) is 57.1 Å². The molecule has 0 aliphatic heterocycles. The van der Waals surface area contributed by atoms with E-state index in [0.29, 0.717) is 6.21 Å². The van der Waals surface area contributed by atoms with Crippen LogP contribution in [0.3, 0.4) is 0 Å². The first-order valence-corrected chi connectivity index (χ1v) is 8.56. The quantitative estimate of drug-likeness (QED) is 0.294. The summed E-state index contributed by atoms with van der Waals surface area (Å²) in [6, 6.07) is 5.05. The summed E-state index contributed by atoms with van der Waals surface area (Å²) in [7, 11) is 0. The van der Waals surface area contributed by atoms with Crippen LogP contribution in [0.25, 0.3) is 5.53 Å². The van der Waals surface area contributed by atoms with E-state index in [0.717, 1.165) is 18.4 Å². The molecule has 0 heterocycles. The molecule has 27 heavy (non-hydrogen) atoms. The molecule has 0 aromatic heterocycles. The number of nitrogens with zero attached hydrogens (tertiary/aromatic N) is 2. The number of Topliss-reactive ketones (excluding diaryl/α,β-unsaturated/α-hetero) is 1. The highest BCUT2D eigenvalue weighted by Crippen LogP contribution is 2.26. The van der Waals surface area contributed by atoms with Crippen molar-refractivity contribution >= 4 is 23.9 Å². The molecular weight excluding hydrogens is 354 g/mol. The summed E-state index contributed by atoms with van der Waals surface area (Å²) in [6.45, 7) is 0. The molecule has 2 rings (SSSR count). The summed E-state index contributed by atoms with van der Waals surface area (Å²) in [5.74, 6) is -2.30. The van der Waals surface area contributed by atoms with Gasteiger partial charge in [-0.05, 0) is 37.0 Å². The van der Waals surface area contributed by atoms with Crippen LogP contribution in [0.15, 0.2) is 24.3 Å². The Hall–Kier alpha value is -3.03. The number of carbonyl (C=O) groups is 3. The molecule has 144 valence electrons. The number of benzene rings is 1. The summed E-state index contributed by atoms with van der Waals surface area (Å²) in [5, 5.41) is 21.0. The fourth-order valence-electron chi connectivity index (χ4n) is 2.42. The Morgan fingerprint density at radius 1 is 1.30 bits per heavy atom. The number of aliphatic carboxylic acids is 1. The largest absolute Gasteiger partial charge is 0.508 e. The molecule has 9 heteroatoms. The fraction of sp³-hybridized carbons (Fsp3) is 0.444. The minimum Gasteiger partial charge on any atom is -0.508 e. The Morgan fingerprint density at radius 2 is 1.96 bits per heavy atom. The first-order valence-electron chi connectivity index (χ1n) is 8.56. The SMILES string of the molecule is [N-]=[N+]=CC(=O)CCC(NC(=O)C(Cc1ccc(O)cc1)OC1CC1)C(=O)O. The number of carbonyl (C=O) groups excluding carboxylic acids is 2. The number of carboxylic acids is 1. The smallest absolute Gasteiger partial charge is 0.326 e. The second-order valence-electron chi connectivity index (χ2n) is 6.34. The number of hydrogen-bond acceptors (Lipinski definition) is 5. The van der Waals surface area contributed by atoms with Crippen LogP contribution in [0.1, 0.15) is 31.2 Å². The number of carboxylic acid groups (broad SMARTS) is 1.